The number of nitrogens with zero attached hydrogens (tertiary/aromatic N) is 1. The third-order valence-corrected chi connectivity index (χ3v) is 2.93. The van der Waals surface area contributed by atoms with Crippen molar-refractivity contribution in [1.29, 1.82) is 0 Å². The molecule has 102 valence electrons. The maximum atomic E-state index is 13.6. The number of hydrogen-bond donors (Lipinski definition) is 4. The van der Waals surface area contributed by atoms with Crippen LogP contribution in [0.5, 0.6) is 0 Å². The number of nitrogens with one attached hydrogen (secondary N) is 2. The van der Waals surface area contributed by atoms with Gasteiger partial charge in [0.25, 0.3) is 0 Å². The smallest absolute Gasteiger partial charge is 0.178 e. The molecule has 0 fully saturated rings. The molecule has 1 rings (SSSR count). The van der Waals surface area contributed by atoms with Crippen molar-refractivity contribution < 1.29 is 13.9 Å². The fourth-order valence-corrected chi connectivity index (χ4v) is 1.52. The number of aliphatic hydroxyl groups excluding tert-OH is 1. The zero-order valence-corrected chi connectivity index (χ0v) is 10.4. The van der Waals surface area contributed by atoms with Crippen LogP contribution in [0.15, 0.2) is 6.07 Å². The molecule has 1 aromatic rings. The SMILES string of the molecule is CCC(C)(CCO)Nc1nc(NN)c(F)cc1F. The van der Waals surface area contributed by atoms with Gasteiger partial charge in [0.1, 0.15) is 0 Å². The number of hydrazine groups is 1. The Bertz CT molecular complexity index is 416. The molecular weight excluding hydrogens is 242 g/mol. The Balaban J connectivity index is 3.02. The second-order valence-electron chi connectivity index (χ2n) is 4.31. The monoisotopic (exact) mass is 260 g/mol. The first-order chi connectivity index (χ1) is 8.45. The molecule has 0 saturated heterocycles. The Labute approximate surface area is 104 Å². The molecule has 0 aromatic carbocycles. The quantitative estimate of drug-likeness (QED) is 0.461. The molecule has 0 aliphatic heterocycles. The lowest BCUT2D eigenvalue weighted by Crippen LogP contribution is -2.36. The highest BCUT2D eigenvalue weighted by Gasteiger charge is 2.24. The van der Waals surface area contributed by atoms with Crippen LogP contribution >= 0.6 is 0 Å². The number of halogens is 2. The predicted molar refractivity (Wildman–Crippen MR) is 66.0 cm³/mol. The van der Waals surface area contributed by atoms with Gasteiger partial charge >= 0.3 is 0 Å². The summed E-state index contributed by atoms with van der Waals surface area (Å²) >= 11 is 0. The first kappa shape index (κ1) is 14.6. The van der Waals surface area contributed by atoms with E-state index in [0.717, 1.165) is 0 Å². The second-order valence-corrected chi connectivity index (χ2v) is 4.31. The third-order valence-electron chi connectivity index (χ3n) is 2.93. The molecule has 0 bridgehead atoms. The minimum Gasteiger partial charge on any atom is -0.396 e. The van der Waals surface area contributed by atoms with Crippen molar-refractivity contribution in [3.05, 3.63) is 17.7 Å². The average Bonchev–Trinajstić information content (AvgIpc) is 2.33. The molecule has 1 heterocycles. The summed E-state index contributed by atoms with van der Waals surface area (Å²) in [5.41, 5.74) is 1.53. The van der Waals surface area contributed by atoms with E-state index in [9.17, 15) is 8.78 Å². The number of rotatable bonds is 6. The van der Waals surface area contributed by atoms with Gasteiger partial charge in [0.15, 0.2) is 23.3 Å². The number of hydrogen-bond acceptors (Lipinski definition) is 5. The second kappa shape index (κ2) is 5.92. The van der Waals surface area contributed by atoms with E-state index in [-0.39, 0.29) is 18.2 Å². The predicted octanol–water partition coefficient (Wildman–Crippen LogP) is 1.61. The van der Waals surface area contributed by atoms with E-state index in [2.05, 4.69) is 15.7 Å². The van der Waals surface area contributed by atoms with Gasteiger partial charge < -0.3 is 15.8 Å². The molecule has 1 atom stereocenters. The topological polar surface area (TPSA) is 83.2 Å². The summed E-state index contributed by atoms with van der Waals surface area (Å²) in [7, 11) is 0. The molecule has 0 spiro atoms. The van der Waals surface area contributed by atoms with Gasteiger partial charge in [-0.3, -0.25) is 0 Å². The first-order valence-electron chi connectivity index (χ1n) is 5.67. The molecule has 18 heavy (non-hydrogen) atoms. The molecule has 5 nitrogen and oxygen atoms in total. The van der Waals surface area contributed by atoms with E-state index in [0.29, 0.717) is 18.9 Å². The summed E-state index contributed by atoms with van der Waals surface area (Å²) in [6.07, 6.45) is 1.07. The Hall–Kier alpha value is -1.47. The minimum absolute atomic E-state index is 0.0395. The lowest BCUT2D eigenvalue weighted by atomic mass is 9.95. The zero-order chi connectivity index (χ0) is 13.8. The Kier molecular flexibility index (Phi) is 4.80. The van der Waals surface area contributed by atoms with Crippen molar-refractivity contribution in [2.75, 3.05) is 17.3 Å². The van der Waals surface area contributed by atoms with Crippen molar-refractivity contribution in [3.8, 4) is 0 Å². The van der Waals surface area contributed by atoms with E-state index in [4.69, 9.17) is 10.9 Å². The van der Waals surface area contributed by atoms with Gasteiger partial charge in [-0.15, -0.1) is 0 Å². The Morgan fingerprint density at radius 2 is 2.00 bits per heavy atom. The van der Waals surface area contributed by atoms with Gasteiger partial charge in [0.2, 0.25) is 0 Å². The van der Waals surface area contributed by atoms with Crippen LogP contribution in [0, 0.1) is 11.6 Å². The standard InChI is InChI=1S/C11H18F2N4O/c1-3-11(2,4-5-18)16-9-7(12)6-8(13)10(15-9)17-14/h6,18H,3-5,14H2,1-2H3,(H2,15,16,17). The van der Waals surface area contributed by atoms with Crippen LogP contribution in [0.25, 0.3) is 0 Å². The molecule has 1 aromatic heterocycles. The van der Waals surface area contributed by atoms with Crippen LogP contribution in [-0.2, 0) is 0 Å². The molecule has 5 N–H and O–H groups in total. The number of anilines is 2. The first-order valence-corrected chi connectivity index (χ1v) is 5.67. The number of aromatic nitrogens is 1. The highest BCUT2D eigenvalue weighted by Crippen LogP contribution is 2.24. The summed E-state index contributed by atoms with van der Waals surface area (Å²) in [5.74, 6) is 3.09. The molecule has 0 amide bonds. The average molecular weight is 260 g/mol. The summed E-state index contributed by atoms with van der Waals surface area (Å²) in [4.78, 5) is 3.73. The zero-order valence-electron chi connectivity index (χ0n) is 10.4. The number of nitrogens with two attached hydrogens (primary N) is 1. The highest BCUT2D eigenvalue weighted by molar-refractivity contribution is 5.48. The fourth-order valence-electron chi connectivity index (χ4n) is 1.52. The van der Waals surface area contributed by atoms with Crippen LogP contribution in [0.1, 0.15) is 26.7 Å². The maximum absolute atomic E-state index is 13.6. The number of aliphatic hydroxyl groups is 1. The number of pyridine rings is 1. The number of nitrogen functional groups attached to an aromatic ring is 1. The molecule has 0 radical (unpaired) electrons. The van der Waals surface area contributed by atoms with Crippen molar-refractivity contribution in [2.45, 2.75) is 32.2 Å². The Morgan fingerprint density at radius 1 is 1.39 bits per heavy atom. The van der Waals surface area contributed by atoms with Crippen molar-refractivity contribution in [1.82, 2.24) is 4.98 Å². The van der Waals surface area contributed by atoms with E-state index < -0.39 is 17.2 Å². The summed E-state index contributed by atoms with van der Waals surface area (Å²) in [6, 6.07) is 0.708. The van der Waals surface area contributed by atoms with E-state index in [1.54, 1.807) is 0 Å². The summed E-state index contributed by atoms with van der Waals surface area (Å²) in [6.45, 7) is 3.68. The van der Waals surface area contributed by atoms with Crippen molar-refractivity contribution >= 4 is 11.6 Å². The van der Waals surface area contributed by atoms with Crippen LogP contribution in [0.2, 0.25) is 0 Å². The molecule has 0 saturated carbocycles. The molecule has 7 heteroatoms. The minimum atomic E-state index is -0.860. The largest absolute Gasteiger partial charge is 0.396 e. The molecule has 0 aliphatic carbocycles. The van der Waals surface area contributed by atoms with E-state index >= 15 is 0 Å². The van der Waals surface area contributed by atoms with Crippen molar-refractivity contribution in [2.24, 2.45) is 5.84 Å². The van der Waals surface area contributed by atoms with Crippen LogP contribution in [0.4, 0.5) is 20.4 Å². The van der Waals surface area contributed by atoms with Crippen LogP contribution in [0.3, 0.4) is 0 Å². The molecule has 1 unspecified atom stereocenters. The summed E-state index contributed by atoms with van der Waals surface area (Å²) < 4.78 is 26.8. The van der Waals surface area contributed by atoms with Gasteiger partial charge in [0, 0.05) is 18.2 Å². The molecular formula is C11H18F2N4O. The fraction of sp³-hybridized carbons (Fsp3) is 0.545. The van der Waals surface area contributed by atoms with E-state index in [1.165, 1.54) is 0 Å². The lowest BCUT2D eigenvalue weighted by molar-refractivity contribution is 0.251. The Morgan fingerprint density at radius 3 is 2.50 bits per heavy atom. The third kappa shape index (κ3) is 3.27. The normalized spacial score (nSPS) is 14.1. The van der Waals surface area contributed by atoms with Crippen LogP contribution in [-0.4, -0.2) is 22.2 Å². The van der Waals surface area contributed by atoms with E-state index in [1.807, 2.05) is 13.8 Å². The van der Waals surface area contributed by atoms with Gasteiger partial charge in [-0.25, -0.2) is 19.6 Å². The maximum Gasteiger partial charge on any atom is 0.178 e. The van der Waals surface area contributed by atoms with Gasteiger partial charge in [0.05, 0.1) is 0 Å². The summed E-state index contributed by atoms with van der Waals surface area (Å²) in [5, 5.41) is 11.8. The van der Waals surface area contributed by atoms with Crippen molar-refractivity contribution in [3.63, 3.8) is 0 Å². The highest BCUT2D eigenvalue weighted by atomic mass is 19.1. The molecule has 0 aliphatic rings. The van der Waals surface area contributed by atoms with Gasteiger partial charge in [-0.1, -0.05) is 6.92 Å². The van der Waals surface area contributed by atoms with Gasteiger partial charge in [-0.2, -0.15) is 0 Å². The van der Waals surface area contributed by atoms with Gasteiger partial charge in [-0.05, 0) is 19.8 Å². The van der Waals surface area contributed by atoms with Crippen LogP contribution < -0.4 is 16.6 Å². The lowest BCUT2D eigenvalue weighted by Gasteiger charge is -2.29.